The van der Waals surface area contributed by atoms with Crippen molar-refractivity contribution in [2.75, 3.05) is 12.8 Å². The van der Waals surface area contributed by atoms with Gasteiger partial charge in [-0.1, -0.05) is 74.5 Å². The van der Waals surface area contributed by atoms with Gasteiger partial charge in [-0.2, -0.15) is 0 Å². The number of aromatic nitrogens is 3. The largest absolute Gasteiger partial charge is 0.341 e. The van der Waals surface area contributed by atoms with Gasteiger partial charge in [0.1, 0.15) is 6.33 Å². The number of benzene rings is 2. The molecule has 0 fully saturated rings. The van der Waals surface area contributed by atoms with Crippen LogP contribution in [-0.2, 0) is 16.8 Å². The Balaban J connectivity index is 1.58. The quantitative estimate of drug-likeness (QED) is 0.558. The van der Waals surface area contributed by atoms with Gasteiger partial charge >= 0.3 is 0 Å². The summed E-state index contributed by atoms with van der Waals surface area (Å²) < 4.78 is 1.91. The fraction of sp³-hybridized carbons (Fsp3) is 0.348. The van der Waals surface area contributed by atoms with E-state index in [1.165, 1.54) is 22.9 Å². The number of aryl methyl sites for hydroxylation is 1. The van der Waals surface area contributed by atoms with Crippen molar-refractivity contribution in [1.82, 2.24) is 19.7 Å². The first-order valence-electron chi connectivity index (χ1n) is 9.67. The lowest BCUT2D eigenvalue weighted by atomic mass is 9.87. The van der Waals surface area contributed by atoms with Crippen molar-refractivity contribution in [2.45, 2.75) is 44.8 Å². The van der Waals surface area contributed by atoms with Gasteiger partial charge in [0.25, 0.3) is 0 Å². The topological polar surface area (TPSA) is 51.0 Å². The summed E-state index contributed by atoms with van der Waals surface area (Å²) in [7, 11) is 1.84. The minimum absolute atomic E-state index is 0.0633. The maximum atomic E-state index is 12.6. The second-order valence-corrected chi connectivity index (χ2v) is 9.25. The Morgan fingerprint density at radius 3 is 2.34 bits per heavy atom. The van der Waals surface area contributed by atoms with Crippen LogP contribution in [0.5, 0.6) is 0 Å². The van der Waals surface area contributed by atoms with Crippen LogP contribution in [0.2, 0.25) is 0 Å². The Morgan fingerprint density at radius 2 is 1.72 bits per heavy atom. The molecular formula is C23H28N4OS. The highest BCUT2D eigenvalue weighted by Crippen LogP contribution is 2.23. The highest BCUT2D eigenvalue weighted by Gasteiger charge is 2.15. The van der Waals surface area contributed by atoms with Gasteiger partial charge in [-0.25, -0.2) is 0 Å². The zero-order valence-corrected chi connectivity index (χ0v) is 18.5. The molecule has 2 aromatic carbocycles. The van der Waals surface area contributed by atoms with Crippen LogP contribution in [0.25, 0.3) is 5.69 Å². The average molecular weight is 409 g/mol. The van der Waals surface area contributed by atoms with E-state index in [1.54, 1.807) is 11.2 Å². The Morgan fingerprint density at radius 1 is 1.07 bits per heavy atom. The van der Waals surface area contributed by atoms with Crippen molar-refractivity contribution in [3.63, 3.8) is 0 Å². The number of nitrogens with zero attached hydrogens (tertiary/aromatic N) is 4. The summed E-state index contributed by atoms with van der Waals surface area (Å²) in [5.74, 6) is 0.384. The van der Waals surface area contributed by atoms with E-state index in [4.69, 9.17) is 0 Å². The van der Waals surface area contributed by atoms with Crippen molar-refractivity contribution in [3.8, 4) is 5.69 Å². The lowest BCUT2D eigenvalue weighted by molar-refractivity contribution is -0.127. The average Bonchev–Trinajstić information content (AvgIpc) is 3.15. The van der Waals surface area contributed by atoms with Gasteiger partial charge < -0.3 is 4.90 Å². The van der Waals surface area contributed by atoms with E-state index in [-0.39, 0.29) is 11.3 Å². The molecule has 0 unspecified atom stereocenters. The van der Waals surface area contributed by atoms with E-state index in [0.717, 1.165) is 11.3 Å². The molecule has 0 bridgehead atoms. The molecule has 29 heavy (non-hydrogen) atoms. The molecule has 0 spiro atoms. The first kappa shape index (κ1) is 21.1. The summed E-state index contributed by atoms with van der Waals surface area (Å²) in [4.78, 5) is 14.4. The first-order valence-corrected chi connectivity index (χ1v) is 10.7. The SMILES string of the molecule is Cc1ccc(-n2cnnc2SCC(=O)N(C)Cc2ccc(C(C)(C)C)cc2)cc1. The second kappa shape index (κ2) is 8.82. The van der Waals surface area contributed by atoms with Crippen molar-refractivity contribution in [2.24, 2.45) is 0 Å². The van der Waals surface area contributed by atoms with Gasteiger partial charge in [0.15, 0.2) is 5.16 Å². The van der Waals surface area contributed by atoms with Gasteiger partial charge in [0.05, 0.1) is 5.75 Å². The fourth-order valence-corrected chi connectivity index (χ4v) is 3.78. The van der Waals surface area contributed by atoms with Crippen LogP contribution in [0.1, 0.15) is 37.5 Å². The molecule has 0 saturated carbocycles. The molecule has 0 aliphatic rings. The molecule has 3 aromatic rings. The van der Waals surface area contributed by atoms with E-state index in [2.05, 4.69) is 62.2 Å². The molecular weight excluding hydrogens is 380 g/mol. The minimum Gasteiger partial charge on any atom is -0.341 e. The standard InChI is InChI=1S/C23H28N4OS/c1-17-6-12-20(13-7-17)27-16-24-25-22(27)29-15-21(28)26(5)14-18-8-10-19(11-9-18)23(2,3)4/h6-13,16H,14-15H2,1-5H3. The molecule has 0 aliphatic heterocycles. The number of carbonyl (C=O) groups is 1. The summed E-state index contributed by atoms with van der Waals surface area (Å²) >= 11 is 1.40. The van der Waals surface area contributed by atoms with E-state index in [0.29, 0.717) is 17.5 Å². The Labute approximate surface area is 177 Å². The van der Waals surface area contributed by atoms with Gasteiger partial charge in [0.2, 0.25) is 5.91 Å². The molecule has 1 aromatic heterocycles. The maximum Gasteiger partial charge on any atom is 0.233 e. The molecule has 3 rings (SSSR count). The van der Waals surface area contributed by atoms with Crippen molar-refractivity contribution in [3.05, 3.63) is 71.5 Å². The minimum atomic E-state index is 0.0633. The van der Waals surface area contributed by atoms with Crippen LogP contribution in [0.4, 0.5) is 0 Å². The molecule has 6 heteroatoms. The second-order valence-electron chi connectivity index (χ2n) is 8.30. The molecule has 5 nitrogen and oxygen atoms in total. The van der Waals surface area contributed by atoms with E-state index >= 15 is 0 Å². The summed E-state index contributed by atoms with van der Waals surface area (Å²) in [6, 6.07) is 16.6. The maximum absolute atomic E-state index is 12.6. The molecule has 0 radical (unpaired) electrons. The highest BCUT2D eigenvalue weighted by atomic mass is 32.2. The number of amides is 1. The van der Waals surface area contributed by atoms with Crippen LogP contribution in [-0.4, -0.2) is 38.4 Å². The van der Waals surface area contributed by atoms with Gasteiger partial charge in [0, 0.05) is 19.3 Å². The van der Waals surface area contributed by atoms with Gasteiger partial charge in [-0.15, -0.1) is 10.2 Å². The zero-order chi connectivity index (χ0) is 21.0. The molecule has 0 atom stereocenters. The predicted molar refractivity (Wildman–Crippen MR) is 118 cm³/mol. The molecule has 1 amide bonds. The summed E-state index contributed by atoms with van der Waals surface area (Å²) in [5.41, 5.74) is 4.73. The molecule has 152 valence electrons. The Kier molecular flexibility index (Phi) is 6.42. The van der Waals surface area contributed by atoms with E-state index < -0.39 is 0 Å². The summed E-state index contributed by atoms with van der Waals surface area (Å²) in [5, 5.41) is 8.89. The third kappa shape index (κ3) is 5.48. The monoisotopic (exact) mass is 408 g/mol. The zero-order valence-electron chi connectivity index (χ0n) is 17.7. The third-order valence-electron chi connectivity index (χ3n) is 4.82. The van der Waals surface area contributed by atoms with E-state index in [1.807, 2.05) is 35.9 Å². The fourth-order valence-electron chi connectivity index (χ4n) is 2.91. The molecule has 1 heterocycles. The van der Waals surface area contributed by atoms with E-state index in [9.17, 15) is 4.79 Å². The number of rotatable bonds is 6. The lowest BCUT2D eigenvalue weighted by Crippen LogP contribution is -2.28. The van der Waals surface area contributed by atoms with Crippen LogP contribution >= 0.6 is 11.8 Å². The van der Waals surface area contributed by atoms with Crippen LogP contribution < -0.4 is 0 Å². The first-order chi connectivity index (χ1) is 13.7. The number of hydrogen-bond acceptors (Lipinski definition) is 4. The lowest BCUT2D eigenvalue weighted by Gasteiger charge is -2.21. The summed E-state index contributed by atoms with van der Waals surface area (Å²) in [6.07, 6.45) is 1.68. The van der Waals surface area contributed by atoms with Crippen molar-refractivity contribution < 1.29 is 4.79 Å². The smallest absolute Gasteiger partial charge is 0.233 e. The van der Waals surface area contributed by atoms with Crippen molar-refractivity contribution >= 4 is 17.7 Å². The number of thioether (sulfide) groups is 1. The van der Waals surface area contributed by atoms with Crippen LogP contribution in [0, 0.1) is 6.92 Å². The Bertz CT molecular complexity index is 956. The molecule has 0 saturated heterocycles. The van der Waals surface area contributed by atoms with Gasteiger partial charge in [-0.3, -0.25) is 9.36 Å². The summed E-state index contributed by atoms with van der Waals surface area (Å²) in [6.45, 7) is 9.24. The van der Waals surface area contributed by atoms with Crippen LogP contribution in [0.3, 0.4) is 0 Å². The number of hydrogen-bond donors (Lipinski definition) is 0. The predicted octanol–water partition coefficient (Wildman–Crippen LogP) is 4.62. The third-order valence-corrected chi connectivity index (χ3v) is 5.75. The highest BCUT2D eigenvalue weighted by molar-refractivity contribution is 7.99. The Hall–Kier alpha value is -2.60. The number of carbonyl (C=O) groups excluding carboxylic acids is 1. The van der Waals surface area contributed by atoms with Crippen LogP contribution in [0.15, 0.2) is 60.0 Å². The molecule has 0 aliphatic carbocycles. The normalized spacial score (nSPS) is 11.5. The molecule has 0 N–H and O–H groups in total. The van der Waals surface area contributed by atoms with Gasteiger partial charge in [-0.05, 0) is 35.6 Å². The van der Waals surface area contributed by atoms with Crippen molar-refractivity contribution in [1.29, 1.82) is 0 Å².